The molecule has 0 aromatic heterocycles. The van der Waals surface area contributed by atoms with Gasteiger partial charge >= 0.3 is 0 Å². The van der Waals surface area contributed by atoms with Crippen molar-refractivity contribution in [3.63, 3.8) is 0 Å². The van der Waals surface area contributed by atoms with Gasteiger partial charge in [-0.1, -0.05) is 53.7 Å². The Morgan fingerprint density at radius 3 is 1.52 bits per heavy atom. The van der Waals surface area contributed by atoms with Crippen LogP contribution in [0.15, 0.2) is 24.3 Å². The summed E-state index contributed by atoms with van der Waals surface area (Å²) in [7, 11) is -3.34. The van der Waals surface area contributed by atoms with Crippen LogP contribution in [0.4, 0.5) is 0 Å². The summed E-state index contributed by atoms with van der Waals surface area (Å²) < 4.78 is 14.4. The third-order valence-corrected chi connectivity index (χ3v) is 13.3. The molecule has 0 heterocycles. The van der Waals surface area contributed by atoms with Crippen LogP contribution >= 0.6 is 15.1 Å². The van der Waals surface area contributed by atoms with E-state index in [9.17, 15) is 4.57 Å². The molecule has 0 aliphatic carbocycles. The fourth-order valence-corrected chi connectivity index (χ4v) is 12.3. The van der Waals surface area contributed by atoms with Gasteiger partial charge in [-0.15, -0.1) is 0 Å². The van der Waals surface area contributed by atoms with E-state index in [-0.39, 0.29) is 38.2 Å². The Hall–Kier alpha value is 0.542. The summed E-state index contributed by atoms with van der Waals surface area (Å²) in [5.74, 6) is 0. The van der Waals surface area contributed by atoms with Crippen molar-refractivity contribution in [1.29, 1.82) is 0 Å². The largest absolute Gasteiger partial charge is 0.358 e. The first-order valence-electron chi connectivity index (χ1n) is 8.82. The molecule has 0 aliphatic rings. The molecule has 0 amide bonds. The van der Waals surface area contributed by atoms with Gasteiger partial charge in [0, 0.05) is 38.7 Å². The third-order valence-electron chi connectivity index (χ3n) is 4.69. The van der Waals surface area contributed by atoms with Gasteiger partial charge in [0.05, 0.1) is 16.6 Å². The van der Waals surface area contributed by atoms with Gasteiger partial charge in [-0.25, -0.2) is 0 Å². The van der Waals surface area contributed by atoms with Gasteiger partial charge in [-0.05, 0) is 39.8 Å². The van der Waals surface area contributed by atoms with E-state index in [0.29, 0.717) is 11.3 Å². The molecule has 1 nitrogen and oxygen atoms in total. The van der Waals surface area contributed by atoms with E-state index in [0.717, 1.165) is 5.30 Å². The maximum Gasteiger partial charge on any atom is 0.129 e. The molecular formula is C21H40OP2Pd. The Labute approximate surface area is 172 Å². The van der Waals surface area contributed by atoms with Crippen LogP contribution in [-0.4, -0.2) is 21.6 Å². The molecule has 0 radical (unpaired) electrons. The molecule has 0 saturated carbocycles. The van der Waals surface area contributed by atoms with Crippen molar-refractivity contribution < 1.29 is 25.0 Å². The SMILES string of the molecule is CC(C)[PH+](c1ccccc1P(=O)(C(C)(C)C)C(C)(C)C)C(C)C.[CH3-].[Pd]. The molecular weight excluding hydrogens is 437 g/mol. The van der Waals surface area contributed by atoms with Gasteiger partial charge in [-0.2, -0.15) is 0 Å². The van der Waals surface area contributed by atoms with Gasteiger partial charge in [0.2, 0.25) is 0 Å². The summed E-state index contributed by atoms with van der Waals surface area (Å²) in [6.45, 7) is 22.2. The Balaban J connectivity index is 0. The van der Waals surface area contributed by atoms with Crippen LogP contribution in [0.2, 0.25) is 0 Å². The first kappa shape index (κ1) is 27.8. The molecule has 0 aliphatic heterocycles. The monoisotopic (exact) mass is 476 g/mol. The van der Waals surface area contributed by atoms with E-state index in [1.807, 2.05) is 0 Å². The van der Waals surface area contributed by atoms with Crippen molar-refractivity contribution in [3.8, 4) is 0 Å². The zero-order valence-electron chi connectivity index (χ0n) is 18.1. The molecule has 1 aromatic rings. The van der Waals surface area contributed by atoms with Gasteiger partial charge < -0.3 is 12.0 Å². The Kier molecular flexibility index (Phi) is 10.7. The fourth-order valence-electron chi connectivity index (χ4n) is 4.01. The van der Waals surface area contributed by atoms with Gasteiger partial charge in [0.25, 0.3) is 0 Å². The minimum atomic E-state index is -2.58. The van der Waals surface area contributed by atoms with Crippen LogP contribution in [0.3, 0.4) is 0 Å². The number of benzene rings is 1. The number of hydrogen-bond donors (Lipinski definition) is 0. The molecule has 0 saturated heterocycles. The molecule has 1 aromatic carbocycles. The quantitative estimate of drug-likeness (QED) is 0.280. The molecule has 1 rings (SSSR count). The summed E-state index contributed by atoms with van der Waals surface area (Å²) in [6, 6.07) is 8.61. The zero-order valence-corrected chi connectivity index (χ0v) is 21.6. The van der Waals surface area contributed by atoms with Crippen molar-refractivity contribution in [2.45, 2.75) is 90.9 Å². The molecule has 4 heteroatoms. The second kappa shape index (κ2) is 9.65. The summed E-state index contributed by atoms with van der Waals surface area (Å²) in [6.07, 6.45) is 0. The zero-order chi connectivity index (χ0) is 18.2. The summed E-state index contributed by atoms with van der Waals surface area (Å²) in [5.41, 5.74) is 1.27. The molecule has 0 unspecified atom stereocenters. The average molecular weight is 477 g/mol. The minimum absolute atomic E-state index is 0. The van der Waals surface area contributed by atoms with Crippen molar-refractivity contribution in [2.24, 2.45) is 0 Å². The minimum Gasteiger partial charge on any atom is -0.358 e. The van der Waals surface area contributed by atoms with Crippen molar-refractivity contribution in [1.82, 2.24) is 0 Å². The molecule has 0 fully saturated rings. The topological polar surface area (TPSA) is 17.1 Å². The predicted octanol–water partition coefficient (Wildman–Crippen LogP) is 6.38. The van der Waals surface area contributed by atoms with E-state index >= 15 is 0 Å². The smallest absolute Gasteiger partial charge is 0.129 e. The summed E-state index contributed by atoms with van der Waals surface area (Å²) >= 11 is 0. The predicted molar refractivity (Wildman–Crippen MR) is 118 cm³/mol. The van der Waals surface area contributed by atoms with Crippen LogP contribution in [-0.2, 0) is 25.0 Å². The Morgan fingerprint density at radius 1 is 0.840 bits per heavy atom. The number of hydrogen-bond acceptors (Lipinski definition) is 1. The first-order valence-corrected chi connectivity index (χ1v) is 12.2. The average Bonchev–Trinajstić information content (AvgIpc) is 2.34. The molecule has 25 heavy (non-hydrogen) atoms. The van der Waals surface area contributed by atoms with Crippen LogP contribution in [0, 0.1) is 7.43 Å². The summed E-state index contributed by atoms with van der Waals surface area (Å²) in [4.78, 5) is 0. The van der Waals surface area contributed by atoms with Gasteiger partial charge in [-0.3, -0.25) is 0 Å². The molecule has 0 atom stereocenters. The van der Waals surface area contributed by atoms with E-state index in [2.05, 4.69) is 93.5 Å². The molecule has 0 N–H and O–H groups in total. The van der Waals surface area contributed by atoms with Crippen LogP contribution in [0.1, 0.15) is 69.2 Å². The normalized spacial score (nSPS) is 13.0. The van der Waals surface area contributed by atoms with E-state index in [4.69, 9.17) is 0 Å². The molecule has 0 spiro atoms. The third kappa shape index (κ3) is 5.52. The van der Waals surface area contributed by atoms with E-state index in [1.165, 1.54) is 5.30 Å². The summed E-state index contributed by atoms with van der Waals surface area (Å²) in [5, 5.41) is 2.08. The van der Waals surface area contributed by atoms with Crippen molar-refractivity contribution in [2.75, 3.05) is 0 Å². The maximum atomic E-state index is 14.4. The van der Waals surface area contributed by atoms with E-state index < -0.39 is 15.1 Å². The fraction of sp³-hybridized carbons (Fsp3) is 0.667. The van der Waals surface area contributed by atoms with Crippen LogP contribution in [0.5, 0.6) is 0 Å². The van der Waals surface area contributed by atoms with Crippen molar-refractivity contribution >= 4 is 25.7 Å². The van der Waals surface area contributed by atoms with Crippen LogP contribution in [0.25, 0.3) is 0 Å². The van der Waals surface area contributed by atoms with Gasteiger partial charge in [0.1, 0.15) is 12.4 Å². The first-order chi connectivity index (χ1) is 10.2. The van der Waals surface area contributed by atoms with Crippen LogP contribution < -0.4 is 10.6 Å². The van der Waals surface area contributed by atoms with Crippen molar-refractivity contribution in [3.05, 3.63) is 31.7 Å². The second-order valence-corrected chi connectivity index (χ2v) is 17.4. The number of rotatable bonds is 4. The maximum absolute atomic E-state index is 14.4. The molecule has 0 bridgehead atoms. The standard InChI is InChI=1S/C20H36OP2.CH3.Pd/c1-15(2)22(16(3)4)17-13-11-12-14-18(17)23(21,19(5,6)7)20(8,9)10;;/h11-16H,1-10H3;1H3;/q;-1;/p+1. The Bertz CT molecular complexity index is 554. The van der Waals surface area contributed by atoms with E-state index in [1.54, 1.807) is 0 Å². The molecule has 150 valence electrons. The Morgan fingerprint density at radius 2 is 1.20 bits per heavy atom. The second-order valence-electron chi connectivity index (χ2n) is 9.23. The van der Waals surface area contributed by atoms with Gasteiger partial charge in [0.15, 0.2) is 0 Å².